The van der Waals surface area contributed by atoms with Crippen molar-refractivity contribution in [3.8, 4) is 11.8 Å². The van der Waals surface area contributed by atoms with E-state index in [4.69, 9.17) is 14.9 Å². The van der Waals surface area contributed by atoms with E-state index in [0.29, 0.717) is 18.0 Å². The van der Waals surface area contributed by atoms with Crippen molar-refractivity contribution in [1.29, 1.82) is 0 Å². The number of rotatable bonds is 4. The first-order valence-corrected chi connectivity index (χ1v) is 5.37. The zero-order chi connectivity index (χ0) is 12.1. The van der Waals surface area contributed by atoms with Crippen LogP contribution in [-0.4, -0.2) is 4.98 Å². The van der Waals surface area contributed by atoms with Gasteiger partial charge in [-0.15, -0.1) is 0 Å². The lowest BCUT2D eigenvalue weighted by atomic mass is 10.2. The lowest BCUT2D eigenvalue weighted by molar-refractivity contribution is 0.330. The third-order valence-corrected chi connectivity index (χ3v) is 2.20. The second kappa shape index (κ2) is 5.32. The lowest BCUT2D eigenvalue weighted by Crippen LogP contribution is -1.96. The summed E-state index contributed by atoms with van der Waals surface area (Å²) in [6.07, 6.45) is 5.61. The van der Waals surface area contributed by atoms with Crippen LogP contribution < -0.4 is 10.5 Å². The van der Waals surface area contributed by atoms with Gasteiger partial charge >= 0.3 is 6.08 Å². The quantitative estimate of drug-likeness (QED) is 0.877. The maximum Gasteiger partial charge on any atom is 0.399 e. The topological polar surface area (TPSA) is 61.3 Å². The molecule has 4 nitrogen and oxygen atoms in total. The summed E-state index contributed by atoms with van der Waals surface area (Å²) in [5.41, 5.74) is 7.09. The number of ether oxygens (including phenoxy) is 1. The standard InChI is InChI=1S/C13H14N2O2/c1-2-5-10-6-3-4-7-12(10)17-13-15-11(8-14)9-16-13/h2-7,9H,8,14H2,1H3/b5-2+. The van der Waals surface area contributed by atoms with Crippen LogP contribution in [0.25, 0.3) is 6.08 Å². The molecule has 88 valence electrons. The summed E-state index contributed by atoms with van der Waals surface area (Å²) < 4.78 is 10.7. The Kier molecular flexibility index (Phi) is 3.57. The van der Waals surface area contributed by atoms with E-state index in [9.17, 15) is 0 Å². The van der Waals surface area contributed by atoms with Gasteiger partial charge in [0.15, 0.2) is 0 Å². The number of oxazole rings is 1. The molecule has 0 bridgehead atoms. The average molecular weight is 230 g/mol. The van der Waals surface area contributed by atoms with Gasteiger partial charge in [0.25, 0.3) is 0 Å². The molecular formula is C13H14N2O2. The Morgan fingerprint density at radius 1 is 1.41 bits per heavy atom. The van der Waals surface area contributed by atoms with Crippen molar-refractivity contribution >= 4 is 6.08 Å². The summed E-state index contributed by atoms with van der Waals surface area (Å²) in [7, 11) is 0. The van der Waals surface area contributed by atoms with Crippen LogP contribution in [0.2, 0.25) is 0 Å². The van der Waals surface area contributed by atoms with Crippen molar-refractivity contribution in [1.82, 2.24) is 4.98 Å². The molecule has 0 aliphatic carbocycles. The predicted octanol–water partition coefficient (Wildman–Crippen LogP) is 2.96. The Bertz CT molecular complexity index is 518. The third kappa shape index (κ3) is 2.73. The normalized spacial score (nSPS) is 10.9. The van der Waals surface area contributed by atoms with Crippen LogP contribution in [0, 0.1) is 0 Å². The second-order valence-electron chi connectivity index (χ2n) is 3.45. The van der Waals surface area contributed by atoms with Crippen LogP contribution in [0.5, 0.6) is 11.8 Å². The minimum atomic E-state index is 0.211. The van der Waals surface area contributed by atoms with E-state index in [1.807, 2.05) is 43.3 Å². The van der Waals surface area contributed by atoms with Gasteiger partial charge in [0.1, 0.15) is 12.0 Å². The fourth-order valence-corrected chi connectivity index (χ4v) is 1.41. The number of nitrogens with zero attached hydrogens (tertiary/aromatic N) is 1. The van der Waals surface area contributed by atoms with Crippen LogP contribution in [0.1, 0.15) is 18.2 Å². The number of benzene rings is 1. The van der Waals surface area contributed by atoms with Crippen LogP contribution in [0.15, 0.2) is 41.0 Å². The molecule has 0 saturated heterocycles. The first-order valence-electron chi connectivity index (χ1n) is 5.37. The van der Waals surface area contributed by atoms with Crippen molar-refractivity contribution < 1.29 is 9.15 Å². The number of aromatic nitrogens is 1. The number of hydrogen-bond donors (Lipinski definition) is 1. The van der Waals surface area contributed by atoms with Crippen molar-refractivity contribution in [3.05, 3.63) is 47.9 Å². The Labute approximate surface area is 99.7 Å². The Morgan fingerprint density at radius 2 is 2.24 bits per heavy atom. The molecule has 0 aliphatic rings. The molecule has 0 aliphatic heterocycles. The van der Waals surface area contributed by atoms with E-state index >= 15 is 0 Å². The van der Waals surface area contributed by atoms with Crippen molar-refractivity contribution in [2.24, 2.45) is 5.73 Å². The molecule has 1 aromatic heterocycles. The molecular weight excluding hydrogens is 216 g/mol. The largest absolute Gasteiger partial charge is 0.417 e. The molecule has 1 heterocycles. The molecule has 0 saturated carbocycles. The first-order chi connectivity index (χ1) is 8.33. The molecule has 4 heteroatoms. The van der Waals surface area contributed by atoms with Gasteiger partial charge in [-0.2, -0.15) is 4.98 Å². The first kappa shape index (κ1) is 11.4. The average Bonchev–Trinajstić information content (AvgIpc) is 2.80. The summed E-state index contributed by atoms with van der Waals surface area (Å²) in [6.45, 7) is 2.29. The molecule has 0 fully saturated rings. The molecule has 2 N–H and O–H groups in total. The van der Waals surface area contributed by atoms with Gasteiger partial charge in [0, 0.05) is 12.1 Å². The summed E-state index contributed by atoms with van der Waals surface area (Å²) in [4.78, 5) is 4.09. The number of nitrogens with two attached hydrogens (primary N) is 1. The van der Waals surface area contributed by atoms with Gasteiger partial charge in [0.05, 0.1) is 5.69 Å². The van der Waals surface area contributed by atoms with Crippen LogP contribution in [-0.2, 0) is 6.54 Å². The zero-order valence-electron chi connectivity index (χ0n) is 9.59. The fourth-order valence-electron chi connectivity index (χ4n) is 1.41. The fraction of sp³-hybridized carbons (Fsp3) is 0.154. The van der Waals surface area contributed by atoms with E-state index in [1.165, 1.54) is 6.26 Å². The lowest BCUT2D eigenvalue weighted by Gasteiger charge is -2.04. The van der Waals surface area contributed by atoms with Crippen LogP contribution in [0.3, 0.4) is 0 Å². The molecule has 0 radical (unpaired) electrons. The van der Waals surface area contributed by atoms with Gasteiger partial charge in [0.2, 0.25) is 0 Å². The third-order valence-electron chi connectivity index (χ3n) is 2.20. The smallest absolute Gasteiger partial charge is 0.399 e. The summed E-state index contributed by atoms with van der Waals surface area (Å²) >= 11 is 0. The maximum absolute atomic E-state index is 5.56. The molecule has 2 aromatic rings. The molecule has 0 atom stereocenters. The second-order valence-corrected chi connectivity index (χ2v) is 3.45. The Balaban J connectivity index is 2.23. The number of para-hydroxylation sites is 1. The van der Waals surface area contributed by atoms with Gasteiger partial charge in [-0.25, -0.2) is 0 Å². The molecule has 0 amide bonds. The minimum Gasteiger partial charge on any atom is -0.417 e. The van der Waals surface area contributed by atoms with Gasteiger partial charge < -0.3 is 14.9 Å². The van der Waals surface area contributed by atoms with Gasteiger partial charge in [-0.1, -0.05) is 30.4 Å². The van der Waals surface area contributed by atoms with E-state index in [-0.39, 0.29) is 6.08 Å². The monoisotopic (exact) mass is 230 g/mol. The van der Waals surface area contributed by atoms with Gasteiger partial charge in [-0.05, 0) is 13.0 Å². The Morgan fingerprint density at radius 3 is 2.94 bits per heavy atom. The summed E-state index contributed by atoms with van der Waals surface area (Å²) in [6, 6.07) is 7.67. The van der Waals surface area contributed by atoms with E-state index in [0.717, 1.165) is 5.56 Å². The number of allylic oxidation sites excluding steroid dienone is 1. The molecule has 1 aromatic carbocycles. The Hall–Kier alpha value is -2.07. The SMILES string of the molecule is C/C=C/c1ccccc1Oc1nc(CN)co1. The number of hydrogen-bond acceptors (Lipinski definition) is 4. The molecule has 17 heavy (non-hydrogen) atoms. The van der Waals surface area contributed by atoms with Crippen molar-refractivity contribution in [2.45, 2.75) is 13.5 Å². The summed E-state index contributed by atoms with van der Waals surface area (Å²) in [5, 5.41) is 0. The highest BCUT2D eigenvalue weighted by Gasteiger charge is 2.07. The minimum absolute atomic E-state index is 0.211. The maximum atomic E-state index is 5.56. The van der Waals surface area contributed by atoms with Crippen molar-refractivity contribution in [3.63, 3.8) is 0 Å². The van der Waals surface area contributed by atoms with E-state index < -0.39 is 0 Å². The highest BCUT2D eigenvalue weighted by molar-refractivity contribution is 5.57. The highest BCUT2D eigenvalue weighted by atomic mass is 16.6. The van der Waals surface area contributed by atoms with Crippen LogP contribution in [0.4, 0.5) is 0 Å². The highest BCUT2D eigenvalue weighted by Crippen LogP contribution is 2.25. The molecule has 0 spiro atoms. The van der Waals surface area contributed by atoms with Crippen molar-refractivity contribution in [2.75, 3.05) is 0 Å². The van der Waals surface area contributed by atoms with Gasteiger partial charge in [-0.3, -0.25) is 0 Å². The zero-order valence-corrected chi connectivity index (χ0v) is 9.59. The van der Waals surface area contributed by atoms with Crippen LogP contribution >= 0.6 is 0 Å². The van der Waals surface area contributed by atoms with E-state index in [2.05, 4.69) is 4.98 Å². The summed E-state index contributed by atoms with van der Waals surface area (Å²) in [5.74, 6) is 0.705. The molecule has 0 unspecified atom stereocenters. The molecule has 2 rings (SSSR count). The van der Waals surface area contributed by atoms with E-state index in [1.54, 1.807) is 0 Å². The predicted molar refractivity (Wildman–Crippen MR) is 65.6 cm³/mol.